The zero-order chi connectivity index (χ0) is 12.0. The van der Waals surface area contributed by atoms with Gasteiger partial charge in [-0.1, -0.05) is 19.8 Å². The van der Waals surface area contributed by atoms with Crippen LogP contribution in [0.4, 0.5) is 0 Å². The average molecular weight is 238 g/mol. The molecule has 1 rings (SSSR count). The van der Waals surface area contributed by atoms with E-state index in [4.69, 9.17) is 4.74 Å². The van der Waals surface area contributed by atoms with Crippen molar-refractivity contribution in [2.45, 2.75) is 57.0 Å². The highest BCUT2D eigenvalue weighted by molar-refractivity contribution is 7.80. The lowest BCUT2D eigenvalue weighted by molar-refractivity contribution is 0.0962. The normalized spacial score (nSPS) is 11.5. The first-order valence-corrected chi connectivity index (χ1v) is 6.46. The van der Waals surface area contributed by atoms with Crippen molar-refractivity contribution in [1.29, 1.82) is 0 Å². The summed E-state index contributed by atoms with van der Waals surface area (Å²) in [5, 5.41) is 0. The van der Waals surface area contributed by atoms with Gasteiger partial charge in [-0.3, -0.25) is 0 Å². The maximum absolute atomic E-state index is 5.97. The van der Waals surface area contributed by atoms with E-state index in [0.717, 1.165) is 17.1 Å². The van der Waals surface area contributed by atoms with Gasteiger partial charge < -0.3 is 4.74 Å². The molecule has 0 bridgehead atoms. The number of hydrogen-bond donors (Lipinski definition) is 1. The molecule has 0 atom stereocenters. The summed E-state index contributed by atoms with van der Waals surface area (Å²) < 4.78 is 5.97. The van der Waals surface area contributed by atoms with Crippen LogP contribution in [0.25, 0.3) is 0 Å². The summed E-state index contributed by atoms with van der Waals surface area (Å²) in [6.07, 6.45) is 4.87. The smallest absolute Gasteiger partial charge is 0.120 e. The fourth-order valence-corrected chi connectivity index (χ4v) is 1.83. The summed E-state index contributed by atoms with van der Waals surface area (Å²) in [6.45, 7) is 6.52. The number of ether oxygens (including phenoxy) is 1. The van der Waals surface area contributed by atoms with Crippen LogP contribution in [0.1, 0.15) is 46.5 Å². The van der Waals surface area contributed by atoms with E-state index < -0.39 is 0 Å². The van der Waals surface area contributed by atoms with Crippen LogP contribution in [-0.4, -0.2) is 5.60 Å². The van der Waals surface area contributed by atoms with Crippen LogP contribution in [0.2, 0.25) is 0 Å². The topological polar surface area (TPSA) is 9.23 Å². The molecular formula is C14H22OS. The predicted molar refractivity (Wildman–Crippen MR) is 72.5 cm³/mol. The van der Waals surface area contributed by atoms with Gasteiger partial charge in [-0.15, -0.1) is 12.6 Å². The zero-order valence-electron chi connectivity index (χ0n) is 10.5. The van der Waals surface area contributed by atoms with E-state index >= 15 is 0 Å². The van der Waals surface area contributed by atoms with Crippen molar-refractivity contribution in [2.75, 3.05) is 0 Å². The van der Waals surface area contributed by atoms with Crippen LogP contribution < -0.4 is 4.74 Å². The molecular weight excluding hydrogens is 216 g/mol. The van der Waals surface area contributed by atoms with Crippen molar-refractivity contribution in [3.8, 4) is 5.75 Å². The van der Waals surface area contributed by atoms with E-state index in [2.05, 4.69) is 33.4 Å². The summed E-state index contributed by atoms with van der Waals surface area (Å²) in [7, 11) is 0. The van der Waals surface area contributed by atoms with Crippen molar-refractivity contribution in [3.05, 3.63) is 24.3 Å². The largest absolute Gasteiger partial charge is 0.488 e. The van der Waals surface area contributed by atoms with E-state index in [1.54, 1.807) is 0 Å². The Kier molecular flexibility index (Phi) is 5.20. The Hall–Kier alpha value is -0.630. The van der Waals surface area contributed by atoms with Crippen molar-refractivity contribution in [2.24, 2.45) is 0 Å². The Morgan fingerprint density at radius 3 is 2.31 bits per heavy atom. The van der Waals surface area contributed by atoms with Gasteiger partial charge in [0.15, 0.2) is 0 Å². The molecule has 16 heavy (non-hydrogen) atoms. The second-order valence-corrected chi connectivity index (χ2v) is 5.33. The molecule has 0 fully saturated rings. The van der Waals surface area contributed by atoms with E-state index in [0.29, 0.717) is 0 Å². The lowest BCUT2D eigenvalue weighted by Crippen LogP contribution is -2.27. The highest BCUT2D eigenvalue weighted by Crippen LogP contribution is 2.24. The molecule has 1 aromatic carbocycles. The lowest BCUT2D eigenvalue weighted by atomic mass is 10.0. The van der Waals surface area contributed by atoms with Gasteiger partial charge in [0, 0.05) is 4.90 Å². The minimum atomic E-state index is -0.0761. The third-order valence-corrected chi connectivity index (χ3v) is 2.91. The highest BCUT2D eigenvalue weighted by Gasteiger charge is 2.18. The number of hydrogen-bond acceptors (Lipinski definition) is 2. The van der Waals surface area contributed by atoms with Gasteiger partial charge in [0.2, 0.25) is 0 Å². The van der Waals surface area contributed by atoms with Gasteiger partial charge in [-0.2, -0.15) is 0 Å². The second-order valence-electron chi connectivity index (χ2n) is 4.81. The fraction of sp³-hybridized carbons (Fsp3) is 0.571. The molecule has 0 unspecified atom stereocenters. The predicted octanol–water partition coefficient (Wildman–Crippen LogP) is 4.71. The van der Waals surface area contributed by atoms with E-state index in [-0.39, 0.29) is 5.60 Å². The molecule has 0 saturated carbocycles. The van der Waals surface area contributed by atoms with Gasteiger partial charge in [-0.05, 0) is 51.0 Å². The molecule has 0 aliphatic heterocycles. The molecule has 0 aromatic heterocycles. The highest BCUT2D eigenvalue weighted by atomic mass is 32.1. The Morgan fingerprint density at radius 1 is 1.12 bits per heavy atom. The van der Waals surface area contributed by atoms with Crippen LogP contribution in [0, 0.1) is 0 Å². The number of unbranched alkanes of at least 4 members (excludes halogenated alkanes) is 2. The van der Waals surface area contributed by atoms with Gasteiger partial charge >= 0.3 is 0 Å². The van der Waals surface area contributed by atoms with Gasteiger partial charge in [-0.25, -0.2) is 0 Å². The molecule has 0 aliphatic carbocycles. The maximum atomic E-state index is 5.97. The number of benzene rings is 1. The molecule has 90 valence electrons. The van der Waals surface area contributed by atoms with Crippen LogP contribution >= 0.6 is 12.6 Å². The third kappa shape index (κ3) is 4.93. The van der Waals surface area contributed by atoms with Crippen molar-refractivity contribution < 1.29 is 4.74 Å². The minimum Gasteiger partial charge on any atom is -0.488 e. The molecule has 0 heterocycles. The van der Waals surface area contributed by atoms with Crippen LogP contribution in [0.5, 0.6) is 5.75 Å². The Morgan fingerprint density at radius 2 is 1.75 bits per heavy atom. The van der Waals surface area contributed by atoms with Gasteiger partial charge in [0.1, 0.15) is 11.4 Å². The standard InChI is InChI=1S/C14H22OS/c1-4-5-6-11-14(2,3)15-12-7-9-13(16)10-8-12/h7-10,16H,4-6,11H2,1-3H3. The van der Waals surface area contributed by atoms with Crippen LogP contribution in [0.3, 0.4) is 0 Å². The summed E-state index contributed by atoms with van der Waals surface area (Å²) in [5.74, 6) is 0.930. The van der Waals surface area contributed by atoms with E-state index in [1.165, 1.54) is 19.3 Å². The number of rotatable bonds is 6. The molecule has 0 spiro atoms. The third-order valence-electron chi connectivity index (χ3n) is 2.61. The Labute approximate surface area is 105 Å². The summed E-state index contributed by atoms with van der Waals surface area (Å²) in [6, 6.07) is 7.87. The molecule has 1 nitrogen and oxygen atoms in total. The second kappa shape index (κ2) is 6.19. The molecule has 0 amide bonds. The SMILES string of the molecule is CCCCCC(C)(C)Oc1ccc(S)cc1. The average Bonchev–Trinajstić information content (AvgIpc) is 2.21. The molecule has 0 radical (unpaired) electrons. The Bertz CT molecular complexity index is 303. The first kappa shape index (κ1) is 13.4. The lowest BCUT2D eigenvalue weighted by Gasteiger charge is -2.26. The number of thiol groups is 1. The summed E-state index contributed by atoms with van der Waals surface area (Å²) in [4.78, 5) is 0.969. The van der Waals surface area contributed by atoms with E-state index in [1.807, 2.05) is 24.3 Å². The van der Waals surface area contributed by atoms with Crippen molar-refractivity contribution in [1.82, 2.24) is 0 Å². The molecule has 1 aromatic rings. The van der Waals surface area contributed by atoms with Gasteiger partial charge in [0.25, 0.3) is 0 Å². The maximum Gasteiger partial charge on any atom is 0.120 e. The van der Waals surface area contributed by atoms with Crippen molar-refractivity contribution in [3.63, 3.8) is 0 Å². The molecule has 0 saturated heterocycles. The fourth-order valence-electron chi connectivity index (χ4n) is 1.68. The monoisotopic (exact) mass is 238 g/mol. The molecule has 0 N–H and O–H groups in total. The van der Waals surface area contributed by atoms with Crippen LogP contribution in [-0.2, 0) is 0 Å². The van der Waals surface area contributed by atoms with E-state index in [9.17, 15) is 0 Å². The minimum absolute atomic E-state index is 0.0761. The van der Waals surface area contributed by atoms with Gasteiger partial charge in [0.05, 0.1) is 0 Å². The van der Waals surface area contributed by atoms with Crippen LogP contribution in [0.15, 0.2) is 29.2 Å². The summed E-state index contributed by atoms with van der Waals surface area (Å²) in [5.41, 5.74) is -0.0761. The molecule has 0 aliphatic rings. The first-order chi connectivity index (χ1) is 7.53. The zero-order valence-corrected chi connectivity index (χ0v) is 11.4. The first-order valence-electron chi connectivity index (χ1n) is 6.01. The summed E-state index contributed by atoms with van der Waals surface area (Å²) >= 11 is 4.26. The quantitative estimate of drug-likeness (QED) is 0.557. The molecule has 2 heteroatoms. The van der Waals surface area contributed by atoms with Crippen molar-refractivity contribution >= 4 is 12.6 Å². The Balaban J connectivity index is 2.48.